The smallest absolute Gasteiger partial charge is 0.325 e. The van der Waals surface area contributed by atoms with Gasteiger partial charge < -0.3 is 15.7 Å². The Morgan fingerprint density at radius 3 is 2.80 bits per heavy atom. The molecule has 2 amide bonds. The fourth-order valence-corrected chi connectivity index (χ4v) is 2.23. The molecule has 0 aromatic carbocycles. The first-order valence-corrected chi connectivity index (χ1v) is 6.21. The van der Waals surface area contributed by atoms with E-state index in [1.54, 1.807) is 0 Å². The second-order valence-electron chi connectivity index (χ2n) is 4.61. The van der Waals surface area contributed by atoms with Gasteiger partial charge in [-0.3, -0.25) is 14.4 Å². The third-order valence-electron chi connectivity index (χ3n) is 3.15. The Hall–Kier alpha value is -2.45. The van der Waals surface area contributed by atoms with E-state index in [-0.39, 0.29) is 12.2 Å². The highest BCUT2D eigenvalue weighted by Crippen LogP contribution is 2.18. The predicted octanol–water partition coefficient (Wildman–Crippen LogP) is -1.16. The molecule has 9 heteroatoms. The van der Waals surface area contributed by atoms with Crippen molar-refractivity contribution in [2.45, 2.75) is 31.8 Å². The number of primary amides is 1. The van der Waals surface area contributed by atoms with Crippen molar-refractivity contribution >= 4 is 17.8 Å². The number of carboxylic acid groups (broad SMARTS) is 1. The maximum absolute atomic E-state index is 12.3. The minimum atomic E-state index is -1.08. The van der Waals surface area contributed by atoms with Crippen LogP contribution in [-0.2, 0) is 16.1 Å². The normalized spacial score (nSPS) is 18.8. The van der Waals surface area contributed by atoms with Crippen molar-refractivity contribution in [2.75, 3.05) is 6.54 Å². The average Bonchev–Trinajstić information content (AvgIpc) is 2.85. The summed E-state index contributed by atoms with van der Waals surface area (Å²) in [6, 6.07) is -0.638. The summed E-state index contributed by atoms with van der Waals surface area (Å²) < 4.78 is 1.05. The molecule has 0 radical (unpaired) electrons. The van der Waals surface area contributed by atoms with E-state index in [4.69, 9.17) is 10.8 Å². The number of carboxylic acids is 1. The van der Waals surface area contributed by atoms with E-state index in [2.05, 4.69) is 10.3 Å². The molecule has 108 valence electrons. The number of nitrogens with two attached hydrogens (primary N) is 1. The quantitative estimate of drug-likeness (QED) is 0.715. The van der Waals surface area contributed by atoms with Gasteiger partial charge in [0.05, 0.1) is 6.20 Å². The van der Waals surface area contributed by atoms with Crippen LogP contribution in [0.2, 0.25) is 0 Å². The number of aliphatic carboxylic acids is 1. The lowest BCUT2D eigenvalue weighted by molar-refractivity contribution is -0.138. The molecule has 0 spiro atoms. The number of rotatable bonds is 4. The van der Waals surface area contributed by atoms with Crippen LogP contribution in [-0.4, -0.2) is 55.4 Å². The fraction of sp³-hybridized carbons (Fsp3) is 0.545. The van der Waals surface area contributed by atoms with Crippen molar-refractivity contribution in [3.8, 4) is 0 Å². The molecule has 3 N–H and O–H groups in total. The number of likely N-dealkylation sites (tertiary alicyclic amines) is 1. The molecule has 9 nitrogen and oxygen atoms in total. The molecule has 1 aromatic heterocycles. The maximum Gasteiger partial charge on any atom is 0.325 e. The van der Waals surface area contributed by atoms with Gasteiger partial charge in [0.2, 0.25) is 5.91 Å². The Bertz CT molecular complexity index is 541. The molecule has 1 atom stereocenters. The van der Waals surface area contributed by atoms with E-state index in [1.807, 2.05) is 0 Å². The zero-order chi connectivity index (χ0) is 14.7. The first-order chi connectivity index (χ1) is 9.49. The Morgan fingerprint density at radius 1 is 1.40 bits per heavy atom. The summed E-state index contributed by atoms with van der Waals surface area (Å²) in [7, 11) is 0. The van der Waals surface area contributed by atoms with Crippen LogP contribution in [0.5, 0.6) is 0 Å². The van der Waals surface area contributed by atoms with Crippen molar-refractivity contribution in [3.05, 3.63) is 11.9 Å². The van der Waals surface area contributed by atoms with E-state index in [0.29, 0.717) is 13.0 Å². The fourth-order valence-electron chi connectivity index (χ4n) is 2.23. The number of carbonyl (C=O) groups is 3. The molecule has 0 saturated carbocycles. The molecule has 2 heterocycles. The van der Waals surface area contributed by atoms with Crippen LogP contribution in [0.1, 0.15) is 29.8 Å². The van der Waals surface area contributed by atoms with Gasteiger partial charge in [0.1, 0.15) is 12.6 Å². The summed E-state index contributed by atoms with van der Waals surface area (Å²) in [5.74, 6) is -2.08. The van der Waals surface area contributed by atoms with Crippen molar-refractivity contribution < 1.29 is 19.5 Å². The summed E-state index contributed by atoms with van der Waals surface area (Å²) >= 11 is 0. The third kappa shape index (κ3) is 2.92. The molecule has 1 fully saturated rings. The topological polar surface area (TPSA) is 131 Å². The zero-order valence-electron chi connectivity index (χ0n) is 10.7. The summed E-state index contributed by atoms with van der Waals surface area (Å²) in [6.45, 7) is 0.0533. The Kier molecular flexibility index (Phi) is 3.97. The molecule has 1 aliphatic heterocycles. The van der Waals surface area contributed by atoms with Crippen LogP contribution in [0.3, 0.4) is 0 Å². The van der Waals surface area contributed by atoms with Crippen molar-refractivity contribution in [1.29, 1.82) is 0 Å². The molecule has 1 aliphatic rings. The second-order valence-corrected chi connectivity index (χ2v) is 4.61. The van der Waals surface area contributed by atoms with Crippen molar-refractivity contribution in [3.63, 3.8) is 0 Å². The van der Waals surface area contributed by atoms with Crippen molar-refractivity contribution in [2.24, 2.45) is 5.73 Å². The van der Waals surface area contributed by atoms with E-state index < -0.39 is 23.8 Å². The van der Waals surface area contributed by atoms with Gasteiger partial charge in [0.25, 0.3) is 5.91 Å². The first kappa shape index (κ1) is 14.0. The summed E-state index contributed by atoms with van der Waals surface area (Å²) in [5, 5.41) is 15.8. The van der Waals surface area contributed by atoms with Crippen molar-refractivity contribution in [1.82, 2.24) is 19.9 Å². The molecule has 1 aromatic rings. The standard InChI is InChI=1S/C11H15N5O4/c12-10(19)8-3-1-2-4-16(8)11(20)7-5-15(14-13-7)6-9(17)18/h5,8H,1-4,6H2,(H2,12,19)(H,17,18). The van der Waals surface area contributed by atoms with Gasteiger partial charge in [-0.2, -0.15) is 0 Å². The zero-order valence-corrected chi connectivity index (χ0v) is 10.7. The highest BCUT2D eigenvalue weighted by Gasteiger charge is 2.32. The molecule has 0 bridgehead atoms. The minimum Gasteiger partial charge on any atom is -0.480 e. The minimum absolute atomic E-state index is 0.0133. The lowest BCUT2D eigenvalue weighted by Crippen LogP contribution is -2.50. The number of carbonyl (C=O) groups excluding carboxylic acids is 2. The van der Waals surface area contributed by atoms with Gasteiger partial charge in [-0.1, -0.05) is 5.21 Å². The molecular formula is C11H15N5O4. The van der Waals surface area contributed by atoms with Crippen LogP contribution in [0, 0.1) is 0 Å². The highest BCUT2D eigenvalue weighted by molar-refractivity contribution is 5.95. The van der Waals surface area contributed by atoms with E-state index in [9.17, 15) is 14.4 Å². The molecule has 0 aliphatic carbocycles. The first-order valence-electron chi connectivity index (χ1n) is 6.21. The molecule has 1 unspecified atom stereocenters. The highest BCUT2D eigenvalue weighted by atomic mass is 16.4. The second kappa shape index (κ2) is 5.68. The van der Waals surface area contributed by atoms with Gasteiger partial charge >= 0.3 is 5.97 Å². The summed E-state index contributed by atoms with van der Waals surface area (Å²) in [4.78, 5) is 35.6. The number of amides is 2. The van der Waals surface area contributed by atoms with Crippen LogP contribution >= 0.6 is 0 Å². The number of piperidine rings is 1. The Morgan fingerprint density at radius 2 is 2.15 bits per heavy atom. The number of hydrogen-bond acceptors (Lipinski definition) is 5. The number of aromatic nitrogens is 3. The van der Waals surface area contributed by atoms with E-state index >= 15 is 0 Å². The van der Waals surface area contributed by atoms with E-state index in [1.165, 1.54) is 11.1 Å². The molecular weight excluding hydrogens is 266 g/mol. The van der Waals surface area contributed by atoms with Gasteiger partial charge in [0, 0.05) is 6.54 Å². The van der Waals surface area contributed by atoms with Crippen LogP contribution in [0.15, 0.2) is 6.20 Å². The molecule has 20 heavy (non-hydrogen) atoms. The predicted molar refractivity (Wildman–Crippen MR) is 65.5 cm³/mol. The van der Waals surface area contributed by atoms with Gasteiger partial charge in [-0.15, -0.1) is 5.10 Å². The summed E-state index contributed by atoms with van der Waals surface area (Å²) in [6.07, 6.45) is 3.41. The molecule has 1 saturated heterocycles. The van der Waals surface area contributed by atoms with Crippen LogP contribution < -0.4 is 5.73 Å². The largest absolute Gasteiger partial charge is 0.480 e. The number of nitrogens with zero attached hydrogens (tertiary/aromatic N) is 4. The SMILES string of the molecule is NC(=O)C1CCCCN1C(=O)c1cn(CC(=O)O)nn1. The third-order valence-corrected chi connectivity index (χ3v) is 3.15. The van der Waals surface area contributed by atoms with Gasteiger partial charge in [-0.05, 0) is 19.3 Å². The Labute approximate surface area is 114 Å². The summed E-state index contributed by atoms with van der Waals surface area (Å²) in [5.41, 5.74) is 5.31. The van der Waals surface area contributed by atoms with E-state index in [0.717, 1.165) is 17.5 Å². The maximum atomic E-state index is 12.3. The number of hydrogen-bond donors (Lipinski definition) is 2. The Balaban J connectivity index is 2.14. The van der Waals surface area contributed by atoms with Crippen LogP contribution in [0.4, 0.5) is 0 Å². The molecule has 2 rings (SSSR count). The lowest BCUT2D eigenvalue weighted by Gasteiger charge is -2.32. The average molecular weight is 281 g/mol. The van der Waals surface area contributed by atoms with Crippen LogP contribution in [0.25, 0.3) is 0 Å². The monoisotopic (exact) mass is 281 g/mol. The van der Waals surface area contributed by atoms with Gasteiger partial charge in [0.15, 0.2) is 5.69 Å². The van der Waals surface area contributed by atoms with Gasteiger partial charge in [-0.25, -0.2) is 4.68 Å². The lowest BCUT2D eigenvalue weighted by atomic mass is 10.0.